The lowest BCUT2D eigenvalue weighted by molar-refractivity contribution is 0.833. The van der Waals surface area contributed by atoms with E-state index in [1.54, 1.807) is 0 Å². The summed E-state index contributed by atoms with van der Waals surface area (Å²) in [7, 11) is 0. The van der Waals surface area contributed by atoms with E-state index >= 15 is 0 Å². The van der Waals surface area contributed by atoms with Crippen molar-refractivity contribution in [2.75, 3.05) is 0 Å². The molecular weight excluding hydrogens is 581 g/mol. The number of hydrogen-bond acceptors (Lipinski definition) is 2. The molecule has 1 aromatic heterocycles. The highest BCUT2D eigenvalue weighted by Crippen LogP contribution is 2.51. The first-order chi connectivity index (χ1) is 23.8. The van der Waals surface area contributed by atoms with Gasteiger partial charge >= 0.3 is 0 Å². The molecule has 0 bridgehead atoms. The molecule has 0 saturated heterocycles. The number of nitrogens with zero attached hydrogens (tertiary/aromatic N) is 2. The maximum absolute atomic E-state index is 5.50. The van der Waals surface area contributed by atoms with Crippen LogP contribution < -0.4 is 0 Å². The molecule has 0 aliphatic heterocycles. The summed E-state index contributed by atoms with van der Waals surface area (Å²) >= 11 is 0. The molecule has 6 aliphatic rings. The van der Waals surface area contributed by atoms with Crippen molar-refractivity contribution in [3.63, 3.8) is 0 Å². The summed E-state index contributed by atoms with van der Waals surface area (Å²) in [5, 5.41) is 5.06. The van der Waals surface area contributed by atoms with E-state index in [1.807, 2.05) is 0 Å². The number of benzene rings is 4. The van der Waals surface area contributed by atoms with Crippen LogP contribution in [0.15, 0.2) is 161 Å². The van der Waals surface area contributed by atoms with Crippen LogP contribution in [0.25, 0.3) is 61.3 Å². The molecule has 6 aliphatic carbocycles. The Morgan fingerprint density at radius 3 is 2.46 bits per heavy atom. The van der Waals surface area contributed by atoms with Crippen LogP contribution in [0, 0.1) is 5.92 Å². The van der Waals surface area contributed by atoms with Gasteiger partial charge in [0, 0.05) is 22.6 Å². The summed E-state index contributed by atoms with van der Waals surface area (Å²) in [6, 6.07) is 26.6. The van der Waals surface area contributed by atoms with Crippen molar-refractivity contribution in [1.29, 1.82) is 0 Å². The van der Waals surface area contributed by atoms with Crippen molar-refractivity contribution >= 4 is 38.8 Å². The lowest BCUT2D eigenvalue weighted by Gasteiger charge is -2.37. The van der Waals surface area contributed by atoms with E-state index < -0.39 is 0 Å². The van der Waals surface area contributed by atoms with Crippen molar-refractivity contribution in [3.8, 4) is 22.5 Å². The van der Waals surface area contributed by atoms with E-state index in [1.165, 1.54) is 71.7 Å². The molecule has 0 N–H and O–H groups in total. The van der Waals surface area contributed by atoms with Crippen LogP contribution in [-0.4, -0.2) is 9.97 Å². The lowest BCUT2D eigenvalue weighted by atomic mass is 9.67. The number of aromatic nitrogens is 2. The SMILES string of the molecule is C1=CC2=CC=C3CC=CC4=C3C2C(=C1)C=C4c1nc(-c2cccc3ccccc23)cc(-c2ccc3c4c5c(ccc24)C=CCC5=CC3)n1. The molecule has 11 rings (SSSR count). The zero-order valence-corrected chi connectivity index (χ0v) is 26.4. The first kappa shape index (κ1) is 26.2. The lowest BCUT2D eigenvalue weighted by Crippen LogP contribution is -2.22. The highest BCUT2D eigenvalue weighted by atomic mass is 14.9. The van der Waals surface area contributed by atoms with E-state index in [0.29, 0.717) is 0 Å². The van der Waals surface area contributed by atoms with Crippen LogP contribution in [0.3, 0.4) is 0 Å². The second-order valence-corrected chi connectivity index (χ2v) is 13.6. The third-order valence-corrected chi connectivity index (χ3v) is 11.0. The molecular formula is C46H30N2. The minimum Gasteiger partial charge on any atom is -0.228 e. The summed E-state index contributed by atoms with van der Waals surface area (Å²) in [4.78, 5) is 10.9. The maximum atomic E-state index is 5.50. The van der Waals surface area contributed by atoms with Gasteiger partial charge in [-0.1, -0.05) is 127 Å². The molecule has 1 atom stereocenters. The highest BCUT2D eigenvalue weighted by molar-refractivity contribution is 6.08. The Hall–Kier alpha value is -5.86. The maximum Gasteiger partial charge on any atom is 0.161 e. The van der Waals surface area contributed by atoms with Gasteiger partial charge < -0.3 is 0 Å². The molecule has 1 heterocycles. The van der Waals surface area contributed by atoms with Gasteiger partial charge in [0.2, 0.25) is 0 Å². The molecule has 0 fully saturated rings. The molecule has 48 heavy (non-hydrogen) atoms. The standard InChI is InChI=1S/C46H30N2/c1-2-14-34-27(7-1)8-5-15-35(34)40-26-41(36-23-21-32-20-18-28-9-3-10-30-22-24-38(36)45(32)42(28)30)48-46(47-40)39-25-33-13-4-11-29-17-19-31-12-6-16-37(39)44(31)43(29)33/h1-8,10-11,13-19,21-26,43H,9,12,20H2. The Kier molecular flexibility index (Phi) is 5.37. The largest absolute Gasteiger partial charge is 0.228 e. The molecule has 4 aromatic carbocycles. The molecule has 224 valence electrons. The molecule has 5 aromatic rings. The predicted octanol–water partition coefficient (Wildman–Crippen LogP) is 11.1. The van der Waals surface area contributed by atoms with Gasteiger partial charge in [-0.25, -0.2) is 9.97 Å². The minimum absolute atomic E-state index is 0.281. The quantitative estimate of drug-likeness (QED) is 0.203. The predicted molar refractivity (Wildman–Crippen MR) is 199 cm³/mol. The van der Waals surface area contributed by atoms with E-state index in [-0.39, 0.29) is 5.92 Å². The molecule has 1 unspecified atom stereocenters. The van der Waals surface area contributed by atoms with Crippen molar-refractivity contribution in [2.45, 2.75) is 19.3 Å². The summed E-state index contributed by atoms with van der Waals surface area (Å²) in [5.74, 6) is 1.06. The number of hydrogen-bond donors (Lipinski definition) is 0. The number of allylic oxidation sites excluding steroid dienone is 17. The highest BCUT2D eigenvalue weighted by Gasteiger charge is 2.36. The smallest absolute Gasteiger partial charge is 0.161 e. The average Bonchev–Trinajstić information content (AvgIpc) is 3.15. The Morgan fingerprint density at radius 1 is 0.646 bits per heavy atom. The van der Waals surface area contributed by atoms with E-state index in [9.17, 15) is 0 Å². The van der Waals surface area contributed by atoms with E-state index in [2.05, 4.69) is 140 Å². The molecule has 0 spiro atoms. The van der Waals surface area contributed by atoms with Crippen LogP contribution in [0.4, 0.5) is 0 Å². The van der Waals surface area contributed by atoms with Gasteiger partial charge in [0.15, 0.2) is 5.82 Å². The van der Waals surface area contributed by atoms with E-state index in [0.717, 1.165) is 53.2 Å². The monoisotopic (exact) mass is 610 g/mol. The fraction of sp³-hybridized carbons (Fsp3) is 0.0870. The third kappa shape index (κ3) is 3.69. The van der Waals surface area contributed by atoms with Crippen molar-refractivity contribution in [3.05, 3.63) is 184 Å². The van der Waals surface area contributed by atoms with Gasteiger partial charge in [0.25, 0.3) is 0 Å². The zero-order valence-electron chi connectivity index (χ0n) is 26.4. The van der Waals surface area contributed by atoms with Crippen molar-refractivity contribution in [1.82, 2.24) is 9.97 Å². The van der Waals surface area contributed by atoms with E-state index in [4.69, 9.17) is 9.97 Å². The molecule has 2 nitrogen and oxygen atoms in total. The number of rotatable bonds is 3. The fourth-order valence-electron chi connectivity index (χ4n) is 8.85. The van der Waals surface area contributed by atoms with Gasteiger partial charge in [0.1, 0.15) is 0 Å². The first-order valence-electron chi connectivity index (χ1n) is 17.0. The normalized spacial score (nSPS) is 19.5. The first-order valence-corrected chi connectivity index (χ1v) is 17.0. The summed E-state index contributed by atoms with van der Waals surface area (Å²) < 4.78 is 0. The Balaban J connectivity index is 1.20. The summed E-state index contributed by atoms with van der Waals surface area (Å²) in [5.41, 5.74) is 17.6. The van der Waals surface area contributed by atoms with Crippen LogP contribution in [-0.2, 0) is 6.42 Å². The molecule has 2 heteroatoms. The number of fused-ring (bicyclic) bond motifs is 1. The fourth-order valence-corrected chi connectivity index (χ4v) is 8.85. The van der Waals surface area contributed by atoms with Gasteiger partial charge in [-0.2, -0.15) is 0 Å². The summed E-state index contributed by atoms with van der Waals surface area (Å²) in [6.45, 7) is 0. The average molecular weight is 611 g/mol. The molecule has 0 amide bonds. The second-order valence-electron chi connectivity index (χ2n) is 13.6. The van der Waals surface area contributed by atoms with Crippen LogP contribution in [0.1, 0.15) is 35.4 Å². The Bertz CT molecular complexity index is 2620. The Morgan fingerprint density at radius 2 is 1.50 bits per heavy atom. The van der Waals surface area contributed by atoms with Crippen LogP contribution >= 0.6 is 0 Å². The zero-order chi connectivity index (χ0) is 31.3. The van der Waals surface area contributed by atoms with Crippen molar-refractivity contribution in [2.24, 2.45) is 5.92 Å². The molecule has 0 radical (unpaired) electrons. The van der Waals surface area contributed by atoms with Gasteiger partial charge in [-0.05, 0) is 103 Å². The third-order valence-electron chi connectivity index (χ3n) is 11.0. The van der Waals surface area contributed by atoms with Crippen LogP contribution in [0.5, 0.6) is 0 Å². The van der Waals surface area contributed by atoms with Gasteiger partial charge in [-0.15, -0.1) is 0 Å². The van der Waals surface area contributed by atoms with Gasteiger partial charge in [0.05, 0.1) is 11.4 Å². The topological polar surface area (TPSA) is 25.8 Å². The van der Waals surface area contributed by atoms with Crippen molar-refractivity contribution < 1.29 is 0 Å². The molecule has 0 saturated carbocycles. The van der Waals surface area contributed by atoms with Crippen LogP contribution in [0.2, 0.25) is 0 Å². The second kappa shape index (κ2) is 9.82. The minimum atomic E-state index is 0.281. The summed E-state index contributed by atoms with van der Waals surface area (Å²) in [6.07, 6.45) is 28.2. The van der Waals surface area contributed by atoms with Gasteiger partial charge in [-0.3, -0.25) is 0 Å². The Labute approximate surface area is 279 Å².